The second kappa shape index (κ2) is 7.59. The fourth-order valence-corrected chi connectivity index (χ4v) is 4.74. The zero-order valence-electron chi connectivity index (χ0n) is 15.2. The molecule has 2 fully saturated rings. The van der Waals surface area contributed by atoms with Crippen molar-refractivity contribution in [1.29, 1.82) is 0 Å². The largest absolute Gasteiger partial charge is 0.478 e. The Morgan fingerprint density at radius 1 is 1.20 bits per heavy atom. The van der Waals surface area contributed by atoms with Gasteiger partial charge in [0.2, 0.25) is 5.91 Å². The maximum absolute atomic E-state index is 12.8. The lowest BCUT2D eigenvalue weighted by atomic mass is 9.63. The van der Waals surface area contributed by atoms with Gasteiger partial charge in [-0.1, -0.05) is 44.4 Å². The van der Waals surface area contributed by atoms with Crippen molar-refractivity contribution in [3.63, 3.8) is 0 Å². The smallest absolute Gasteiger partial charge is 0.335 e. The van der Waals surface area contributed by atoms with Gasteiger partial charge >= 0.3 is 5.97 Å². The van der Waals surface area contributed by atoms with Gasteiger partial charge < -0.3 is 10.0 Å². The highest BCUT2D eigenvalue weighted by Gasteiger charge is 2.42. The summed E-state index contributed by atoms with van der Waals surface area (Å²) in [6.07, 6.45) is 8.40. The first kappa shape index (κ1) is 18.0. The third-order valence-electron chi connectivity index (χ3n) is 6.44. The molecule has 4 heteroatoms. The van der Waals surface area contributed by atoms with E-state index in [0.29, 0.717) is 29.7 Å². The van der Waals surface area contributed by atoms with Gasteiger partial charge in [0.15, 0.2) is 0 Å². The maximum Gasteiger partial charge on any atom is 0.335 e. The van der Waals surface area contributed by atoms with Gasteiger partial charge in [0.05, 0.1) is 5.56 Å². The fourth-order valence-electron chi connectivity index (χ4n) is 4.74. The van der Waals surface area contributed by atoms with E-state index in [1.165, 1.54) is 32.1 Å². The molecular formula is C21H29NO3. The molecule has 0 bridgehead atoms. The number of carboxylic acids is 1. The predicted octanol–water partition coefficient (Wildman–Crippen LogP) is 4.14. The monoisotopic (exact) mass is 343 g/mol. The first-order valence-electron chi connectivity index (χ1n) is 9.61. The summed E-state index contributed by atoms with van der Waals surface area (Å²) >= 11 is 0. The molecule has 1 atom stereocenters. The van der Waals surface area contributed by atoms with Gasteiger partial charge in [-0.3, -0.25) is 4.79 Å². The van der Waals surface area contributed by atoms with E-state index in [1.807, 2.05) is 12.1 Å². The molecule has 1 saturated heterocycles. The highest BCUT2D eigenvalue weighted by atomic mass is 16.4. The summed E-state index contributed by atoms with van der Waals surface area (Å²) in [4.78, 5) is 26.1. The summed E-state index contributed by atoms with van der Waals surface area (Å²) in [6, 6.07) is 7.00. The number of carboxylic acid groups (broad SMARTS) is 1. The lowest BCUT2D eigenvalue weighted by Gasteiger charge is -2.49. The molecule has 1 spiro atoms. The predicted molar refractivity (Wildman–Crippen MR) is 97.6 cm³/mol. The third kappa shape index (κ3) is 3.88. The number of benzene rings is 1. The number of rotatable bonds is 4. The van der Waals surface area contributed by atoms with Crippen molar-refractivity contribution >= 4 is 11.9 Å². The second-order valence-electron chi connectivity index (χ2n) is 7.89. The van der Waals surface area contributed by atoms with Crippen LogP contribution in [0.1, 0.15) is 67.8 Å². The average Bonchev–Trinajstić information content (AvgIpc) is 2.63. The molecule has 4 nitrogen and oxygen atoms in total. The van der Waals surface area contributed by atoms with Gasteiger partial charge in [-0.15, -0.1) is 0 Å². The van der Waals surface area contributed by atoms with E-state index in [0.717, 1.165) is 25.1 Å². The standard InChI is InChI=1S/C21H29NO3/c1-16-11-14-22(15-21(16)12-5-2-6-13-21)19(23)10-9-17-7-3-4-8-18(17)20(24)25/h3-4,7-8,16H,2,5-6,9-15H2,1H3,(H,24,25). The van der Waals surface area contributed by atoms with Crippen LogP contribution in [0.5, 0.6) is 0 Å². The van der Waals surface area contributed by atoms with Crippen LogP contribution in [0.25, 0.3) is 0 Å². The average molecular weight is 343 g/mol. The number of carbonyl (C=O) groups excluding carboxylic acids is 1. The number of amides is 1. The normalized spacial score (nSPS) is 22.8. The Hall–Kier alpha value is -1.84. The van der Waals surface area contributed by atoms with Crippen LogP contribution in [0.15, 0.2) is 24.3 Å². The summed E-state index contributed by atoms with van der Waals surface area (Å²) in [5, 5.41) is 9.28. The lowest BCUT2D eigenvalue weighted by Crippen LogP contribution is -2.51. The molecule has 1 aliphatic heterocycles. The molecule has 1 aromatic carbocycles. The molecule has 1 aromatic rings. The highest BCUT2D eigenvalue weighted by molar-refractivity contribution is 5.89. The van der Waals surface area contributed by atoms with Crippen LogP contribution >= 0.6 is 0 Å². The molecule has 1 unspecified atom stereocenters. The molecular weight excluding hydrogens is 314 g/mol. The van der Waals surface area contributed by atoms with E-state index >= 15 is 0 Å². The molecule has 136 valence electrons. The van der Waals surface area contributed by atoms with Gasteiger partial charge in [-0.2, -0.15) is 0 Å². The fraction of sp³-hybridized carbons (Fsp3) is 0.619. The quantitative estimate of drug-likeness (QED) is 0.894. The van der Waals surface area contributed by atoms with Crippen LogP contribution in [-0.2, 0) is 11.2 Å². The third-order valence-corrected chi connectivity index (χ3v) is 6.44. The Kier molecular flexibility index (Phi) is 5.45. The van der Waals surface area contributed by atoms with Gasteiger partial charge in [0, 0.05) is 19.5 Å². The summed E-state index contributed by atoms with van der Waals surface area (Å²) in [7, 11) is 0. The number of hydrogen-bond acceptors (Lipinski definition) is 2. The van der Waals surface area contributed by atoms with E-state index in [2.05, 4.69) is 11.8 Å². The van der Waals surface area contributed by atoms with Crippen LogP contribution in [0, 0.1) is 11.3 Å². The Morgan fingerprint density at radius 2 is 1.92 bits per heavy atom. The summed E-state index contributed by atoms with van der Waals surface area (Å²) in [5.74, 6) is -0.0439. The number of aryl methyl sites for hydroxylation is 1. The van der Waals surface area contributed by atoms with Crippen LogP contribution < -0.4 is 0 Å². The number of aromatic carboxylic acids is 1. The molecule has 0 radical (unpaired) electrons. The van der Waals surface area contributed by atoms with Crippen molar-refractivity contribution in [1.82, 2.24) is 4.90 Å². The maximum atomic E-state index is 12.8. The van der Waals surface area contributed by atoms with Crippen molar-refractivity contribution in [2.75, 3.05) is 13.1 Å². The first-order valence-corrected chi connectivity index (χ1v) is 9.61. The molecule has 1 heterocycles. The van der Waals surface area contributed by atoms with Crippen molar-refractivity contribution in [3.8, 4) is 0 Å². The second-order valence-corrected chi connectivity index (χ2v) is 7.89. The number of piperidine rings is 1. The minimum Gasteiger partial charge on any atom is -0.478 e. The highest BCUT2D eigenvalue weighted by Crippen LogP contribution is 2.46. The Bertz CT molecular complexity index is 634. The summed E-state index contributed by atoms with van der Waals surface area (Å²) in [6.45, 7) is 4.10. The van der Waals surface area contributed by atoms with Gasteiger partial charge in [-0.25, -0.2) is 4.79 Å². The SMILES string of the molecule is CC1CCN(C(=O)CCc2ccccc2C(=O)O)CC12CCCCC2. The van der Waals surface area contributed by atoms with E-state index < -0.39 is 5.97 Å². The van der Waals surface area contributed by atoms with Gasteiger partial charge in [0.25, 0.3) is 0 Å². The number of carbonyl (C=O) groups is 2. The molecule has 0 aromatic heterocycles. The minimum absolute atomic E-state index is 0.178. The summed E-state index contributed by atoms with van der Waals surface area (Å²) in [5.41, 5.74) is 1.39. The van der Waals surface area contributed by atoms with E-state index in [9.17, 15) is 14.7 Å². The molecule has 1 aliphatic carbocycles. The van der Waals surface area contributed by atoms with Crippen LogP contribution in [0.3, 0.4) is 0 Å². The topological polar surface area (TPSA) is 57.6 Å². The number of nitrogens with zero attached hydrogens (tertiary/aromatic N) is 1. The van der Waals surface area contributed by atoms with Crippen molar-refractivity contribution in [2.24, 2.45) is 11.3 Å². The number of likely N-dealkylation sites (tertiary alicyclic amines) is 1. The van der Waals surface area contributed by atoms with Crippen LogP contribution in [0.4, 0.5) is 0 Å². The van der Waals surface area contributed by atoms with E-state index in [1.54, 1.807) is 12.1 Å². The summed E-state index contributed by atoms with van der Waals surface area (Å²) < 4.78 is 0. The zero-order chi connectivity index (χ0) is 17.9. The molecule has 2 aliphatic rings. The Labute approximate surface area is 150 Å². The lowest BCUT2D eigenvalue weighted by molar-refractivity contribution is -0.137. The zero-order valence-corrected chi connectivity index (χ0v) is 15.2. The Morgan fingerprint density at radius 3 is 2.64 bits per heavy atom. The van der Waals surface area contributed by atoms with Crippen molar-refractivity contribution in [2.45, 2.75) is 58.3 Å². The minimum atomic E-state index is -0.920. The molecule has 1 amide bonds. The van der Waals surface area contributed by atoms with Crippen LogP contribution in [-0.4, -0.2) is 35.0 Å². The molecule has 3 rings (SSSR count). The first-order chi connectivity index (χ1) is 12.0. The van der Waals surface area contributed by atoms with Gasteiger partial charge in [0.1, 0.15) is 0 Å². The Balaban J connectivity index is 1.63. The van der Waals surface area contributed by atoms with Crippen LogP contribution in [0.2, 0.25) is 0 Å². The van der Waals surface area contributed by atoms with Gasteiger partial charge in [-0.05, 0) is 48.6 Å². The van der Waals surface area contributed by atoms with Crippen molar-refractivity contribution < 1.29 is 14.7 Å². The number of hydrogen-bond donors (Lipinski definition) is 1. The molecule has 25 heavy (non-hydrogen) atoms. The molecule has 1 N–H and O–H groups in total. The van der Waals surface area contributed by atoms with Crippen molar-refractivity contribution in [3.05, 3.63) is 35.4 Å². The van der Waals surface area contributed by atoms with E-state index in [-0.39, 0.29) is 5.91 Å². The van der Waals surface area contributed by atoms with E-state index in [4.69, 9.17) is 0 Å². The molecule has 1 saturated carbocycles.